The average molecular weight is 180 g/mol. The summed E-state index contributed by atoms with van der Waals surface area (Å²) in [5.74, 6) is 0.420. The monoisotopic (exact) mass is 180 g/mol. The molecule has 0 aromatic carbocycles. The molecule has 0 atom stereocenters. The molecule has 0 fully saturated rings. The standard InChI is InChI=1S/C8H9FN4/c1-8(2,9)6-5-11-13-4-3-10-7(13)12-6/h3-5H,1-2H3. The molecule has 68 valence electrons. The van der Waals surface area contributed by atoms with Crippen LogP contribution >= 0.6 is 0 Å². The molecule has 0 aliphatic carbocycles. The number of rotatable bonds is 1. The molecule has 0 aliphatic rings. The number of halogens is 1. The summed E-state index contributed by atoms with van der Waals surface area (Å²) in [6.07, 6.45) is 4.65. The molecule has 0 N–H and O–H groups in total. The van der Waals surface area contributed by atoms with Crippen molar-refractivity contribution in [2.24, 2.45) is 0 Å². The zero-order valence-corrected chi connectivity index (χ0v) is 7.40. The molecule has 0 amide bonds. The second-order valence-electron chi connectivity index (χ2n) is 3.29. The van der Waals surface area contributed by atoms with E-state index in [1.54, 1.807) is 12.4 Å². The topological polar surface area (TPSA) is 43.1 Å². The first kappa shape index (κ1) is 8.10. The van der Waals surface area contributed by atoms with Gasteiger partial charge in [-0.05, 0) is 13.8 Å². The lowest BCUT2D eigenvalue weighted by molar-refractivity contribution is 0.213. The fourth-order valence-corrected chi connectivity index (χ4v) is 0.999. The number of alkyl halides is 1. The molecule has 4 nitrogen and oxygen atoms in total. The van der Waals surface area contributed by atoms with Crippen LogP contribution in [0.3, 0.4) is 0 Å². The highest BCUT2D eigenvalue weighted by atomic mass is 19.1. The van der Waals surface area contributed by atoms with Crippen molar-refractivity contribution in [3.05, 3.63) is 24.3 Å². The van der Waals surface area contributed by atoms with Crippen LogP contribution in [0, 0.1) is 0 Å². The van der Waals surface area contributed by atoms with Gasteiger partial charge in [-0.25, -0.2) is 18.9 Å². The fraction of sp³-hybridized carbons (Fsp3) is 0.375. The van der Waals surface area contributed by atoms with E-state index in [2.05, 4.69) is 15.1 Å². The lowest BCUT2D eigenvalue weighted by atomic mass is 10.1. The minimum atomic E-state index is -1.47. The normalized spacial score (nSPS) is 12.2. The summed E-state index contributed by atoms with van der Waals surface area (Å²) < 4.78 is 14.9. The van der Waals surface area contributed by atoms with Gasteiger partial charge in [0, 0.05) is 6.20 Å². The predicted octanol–water partition coefficient (Wildman–Crippen LogP) is 1.33. The molecule has 0 spiro atoms. The van der Waals surface area contributed by atoms with Gasteiger partial charge < -0.3 is 0 Å². The van der Waals surface area contributed by atoms with E-state index in [-0.39, 0.29) is 0 Å². The van der Waals surface area contributed by atoms with Crippen molar-refractivity contribution in [2.45, 2.75) is 19.5 Å². The molecule has 0 bridgehead atoms. The minimum Gasteiger partial charge on any atom is -0.238 e. The van der Waals surface area contributed by atoms with Gasteiger partial charge in [-0.15, -0.1) is 0 Å². The summed E-state index contributed by atoms with van der Waals surface area (Å²) in [6, 6.07) is 0. The smallest absolute Gasteiger partial charge is 0.238 e. The van der Waals surface area contributed by atoms with Crippen molar-refractivity contribution in [1.29, 1.82) is 0 Å². The molecular formula is C8H9FN4. The van der Waals surface area contributed by atoms with E-state index in [0.717, 1.165) is 0 Å². The molecule has 0 aliphatic heterocycles. The van der Waals surface area contributed by atoms with Crippen molar-refractivity contribution < 1.29 is 4.39 Å². The van der Waals surface area contributed by atoms with Crippen molar-refractivity contribution >= 4 is 5.78 Å². The summed E-state index contributed by atoms with van der Waals surface area (Å²) in [6.45, 7) is 2.88. The van der Waals surface area contributed by atoms with Crippen molar-refractivity contribution in [2.75, 3.05) is 0 Å². The Hall–Kier alpha value is -1.52. The van der Waals surface area contributed by atoms with Gasteiger partial charge in [0.15, 0.2) is 0 Å². The molecule has 2 heterocycles. The van der Waals surface area contributed by atoms with Crippen LogP contribution in [0.4, 0.5) is 4.39 Å². The Balaban J connectivity index is 2.61. The Kier molecular flexibility index (Phi) is 1.55. The lowest BCUT2D eigenvalue weighted by Gasteiger charge is -2.11. The van der Waals surface area contributed by atoms with Crippen LogP contribution in [0.15, 0.2) is 18.6 Å². The molecule has 2 aromatic heterocycles. The van der Waals surface area contributed by atoms with E-state index >= 15 is 0 Å². The highest BCUT2D eigenvalue weighted by molar-refractivity contribution is 5.26. The van der Waals surface area contributed by atoms with Gasteiger partial charge in [-0.3, -0.25) is 0 Å². The van der Waals surface area contributed by atoms with Crippen LogP contribution in [0.25, 0.3) is 5.78 Å². The SMILES string of the molecule is CC(C)(F)c1cnn2ccnc2n1. The van der Waals surface area contributed by atoms with Crippen LogP contribution in [-0.4, -0.2) is 19.6 Å². The van der Waals surface area contributed by atoms with Crippen molar-refractivity contribution in [3.63, 3.8) is 0 Å². The van der Waals surface area contributed by atoms with E-state index in [4.69, 9.17) is 0 Å². The van der Waals surface area contributed by atoms with Crippen molar-refractivity contribution in [1.82, 2.24) is 19.6 Å². The first-order valence-corrected chi connectivity index (χ1v) is 3.93. The molecule has 0 saturated heterocycles. The highest BCUT2D eigenvalue weighted by Gasteiger charge is 2.21. The minimum absolute atomic E-state index is 0.297. The predicted molar refractivity (Wildman–Crippen MR) is 44.9 cm³/mol. The maximum atomic E-state index is 13.4. The van der Waals surface area contributed by atoms with E-state index in [1.807, 2.05) is 0 Å². The van der Waals surface area contributed by atoms with Gasteiger partial charge >= 0.3 is 0 Å². The number of imidazole rings is 1. The molecule has 5 heteroatoms. The second-order valence-corrected chi connectivity index (χ2v) is 3.29. The number of hydrogen-bond donors (Lipinski definition) is 0. The van der Waals surface area contributed by atoms with Gasteiger partial charge in [-0.1, -0.05) is 0 Å². The fourth-order valence-electron chi connectivity index (χ4n) is 0.999. The third-order valence-corrected chi connectivity index (χ3v) is 1.74. The zero-order valence-electron chi connectivity index (χ0n) is 7.40. The molecule has 2 aromatic rings. The van der Waals surface area contributed by atoms with Crippen LogP contribution in [-0.2, 0) is 5.67 Å². The van der Waals surface area contributed by atoms with Gasteiger partial charge in [0.2, 0.25) is 0 Å². The van der Waals surface area contributed by atoms with Crippen LogP contribution in [0.5, 0.6) is 0 Å². The molecule has 0 unspecified atom stereocenters. The maximum Gasteiger partial charge on any atom is 0.250 e. The number of fused-ring (bicyclic) bond motifs is 1. The zero-order chi connectivity index (χ0) is 9.47. The largest absolute Gasteiger partial charge is 0.250 e. The van der Waals surface area contributed by atoms with Crippen molar-refractivity contribution in [3.8, 4) is 0 Å². The first-order chi connectivity index (χ1) is 6.07. The summed E-state index contributed by atoms with van der Waals surface area (Å²) in [4.78, 5) is 7.94. The number of aromatic nitrogens is 4. The Morgan fingerprint density at radius 2 is 2.23 bits per heavy atom. The quantitative estimate of drug-likeness (QED) is 0.664. The third kappa shape index (κ3) is 1.37. The maximum absolute atomic E-state index is 13.4. The van der Waals surface area contributed by atoms with Gasteiger partial charge in [0.25, 0.3) is 5.78 Å². The second kappa shape index (κ2) is 2.48. The van der Waals surface area contributed by atoms with Gasteiger partial charge in [0.1, 0.15) is 11.4 Å². The van der Waals surface area contributed by atoms with Crippen LogP contribution < -0.4 is 0 Å². The highest BCUT2D eigenvalue weighted by Crippen LogP contribution is 2.21. The Morgan fingerprint density at radius 3 is 2.92 bits per heavy atom. The third-order valence-electron chi connectivity index (χ3n) is 1.74. The summed E-state index contributed by atoms with van der Waals surface area (Å²) in [5, 5.41) is 3.96. The summed E-state index contributed by atoms with van der Waals surface area (Å²) >= 11 is 0. The van der Waals surface area contributed by atoms with E-state index in [9.17, 15) is 4.39 Å². The van der Waals surface area contributed by atoms with E-state index < -0.39 is 5.67 Å². The van der Waals surface area contributed by atoms with E-state index in [1.165, 1.54) is 24.6 Å². The lowest BCUT2D eigenvalue weighted by Crippen LogP contribution is -2.13. The Bertz CT molecular complexity index is 429. The molecule has 2 rings (SSSR count). The number of hydrogen-bond acceptors (Lipinski definition) is 3. The number of nitrogens with zero attached hydrogens (tertiary/aromatic N) is 4. The molecule has 0 radical (unpaired) electrons. The summed E-state index contributed by atoms with van der Waals surface area (Å²) in [7, 11) is 0. The van der Waals surface area contributed by atoms with Crippen LogP contribution in [0.1, 0.15) is 19.5 Å². The Morgan fingerprint density at radius 1 is 1.46 bits per heavy atom. The summed E-state index contributed by atoms with van der Waals surface area (Å²) in [5.41, 5.74) is -1.17. The first-order valence-electron chi connectivity index (χ1n) is 3.93. The molecular weight excluding hydrogens is 171 g/mol. The average Bonchev–Trinajstić information content (AvgIpc) is 2.47. The Labute approximate surface area is 74.4 Å². The molecule has 0 saturated carbocycles. The van der Waals surface area contributed by atoms with Crippen LogP contribution in [0.2, 0.25) is 0 Å². The van der Waals surface area contributed by atoms with Gasteiger partial charge in [-0.2, -0.15) is 5.10 Å². The molecule has 13 heavy (non-hydrogen) atoms. The van der Waals surface area contributed by atoms with Gasteiger partial charge in [0.05, 0.1) is 12.4 Å². The van der Waals surface area contributed by atoms with E-state index in [0.29, 0.717) is 11.5 Å².